The summed E-state index contributed by atoms with van der Waals surface area (Å²) in [4.78, 5) is 10.9. The highest BCUT2D eigenvalue weighted by atomic mass is 35.5. The van der Waals surface area contributed by atoms with Crippen molar-refractivity contribution in [3.8, 4) is 0 Å². The van der Waals surface area contributed by atoms with E-state index in [9.17, 15) is 9.18 Å². The van der Waals surface area contributed by atoms with E-state index in [0.717, 1.165) is 0 Å². The number of carboxylic acids is 1. The Morgan fingerprint density at radius 2 is 1.88 bits per heavy atom. The van der Waals surface area contributed by atoms with E-state index in [4.69, 9.17) is 26.2 Å². The lowest BCUT2D eigenvalue weighted by molar-refractivity contribution is 0.0690. The molecule has 1 rings (SSSR count). The molecule has 0 aromatic heterocycles. The molecule has 0 fully saturated rings. The smallest absolute Gasteiger partial charge is 0.340 e. The van der Waals surface area contributed by atoms with Crippen molar-refractivity contribution in [3.63, 3.8) is 0 Å². The summed E-state index contributed by atoms with van der Waals surface area (Å²) in [6.07, 6.45) is 0. The highest BCUT2D eigenvalue weighted by molar-refractivity contribution is 6.34. The Hall–Kier alpha value is -1.17. The average molecular weight is 263 g/mol. The number of carboxylic acid groups (broad SMARTS) is 1. The zero-order chi connectivity index (χ0) is 13.0. The molecule has 0 heterocycles. The van der Waals surface area contributed by atoms with Gasteiger partial charge in [0.25, 0.3) is 0 Å². The molecule has 0 amide bonds. The van der Waals surface area contributed by atoms with E-state index in [1.807, 2.05) is 0 Å². The quantitative estimate of drug-likeness (QED) is 0.886. The average Bonchev–Trinajstić information content (AvgIpc) is 2.25. The number of ether oxygens (including phenoxy) is 2. The van der Waals surface area contributed by atoms with Crippen molar-refractivity contribution < 1.29 is 23.8 Å². The van der Waals surface area contributed by atoms with Crippen LogP contribution in [0.15, 0.2) is 6.07 Å². The van der Waals surface area contributed by atoms with Crippen LogP contribution in [-0.2, 0) is 22.7 Å². The van der Waals surface area contributed by atoms with Gasteiger partial charge in [0.1, 0.15) is 11.4 Å². The molecule has 0 saturated carbocycles. The first-order valence-electron chi connectivity index (χ1n) is 4.73. The minimum atomic E-state index is -1.41. The van der Waals surface area contributed by atoms with Gasteiger partial charge in [0, 0.05) is 19.8 Å². The summed E-state index contributed by atoms with van der Waals surface area (Å²) in [7, 11) is 2.83. The Balaban J connectivity index is 3.40. The molecule has 1 N–H and O–H groups in total. The molecule has 1 aromatic carbocycles. The van der Waals surface area contributed by atoms with Crippen molar-refractivity contribution in [1.82, 2.24) is 0 Å². The minimum absolute atomic E-state index is 0.0278. The first kappa shape index (κ1) is 13.9. The van der Waals surface area contributed by atoms with E-state index in [1.54, 1.807) is 0 Å². The van der Waals surface area contributed by atoms with Gasteiger partial charge in [-0.3, -0.25) is 0 Å². The minimum Gasteiger partial charge on any atom is -0.478 e. The van der Waals surface area contributed by atoms with Crippen molar-refractivity contribution in [2.24, 2.45) is 0 Å². The first-order chi connectivity index (χ1) is 8.02. The van der Waals surface area contributed by atoms with Gasteiger partial charge in [-0.2, -0.15) is 0 Å². The van der Waals surface area contributed by atoms with Crippen LogP contribution in [0.4, 0.5) is 4.39 Å². The molecule has 0 unspecified atom stereocenters. The predicted octanol–water partition coefficient (Wildman–Crippen LogP) is 2.47. The van der Waals surface area contributed by atoms with E-state index in [1.165, 1.54) is 20.3 Å². The summed E-state index contributed by atoms with van der Waals surface area (Å²) in [5.41, 5.74) is 0.00892. The Bertz CT molecular complexity index is 404. The standard InChI is InChI=1S/C11H12ClFO4/c1-16-4-6-3-7(5-17-2)10(13)8(9(6)12)11(14)15/h3H,4-5H2,1-2H3,(H,14,15). The Morgan fingerprint density at radius 1 is 1.35 bits per heavy atom. The molecule has 0 spiro atoms. The van der Waals surface area contributed by atoms with E-state index in [2.05, 4.69) is 0 Å². The van der Waals surface area contributed by atoms with Gasteiger partial charge < -0.3 is 14.6 Å². The second kappa shape index (κ2) is 5.95. The predicted molar refractivity (Wildman–Crippen MR) is 59.8 cm³/mol. The summed E-state index contributed by atoms with van der Waals surface area (Å²) in [5, 5.41) is 8.78. The van der Waals surface area contributed by atoms with Crippen LogP contribution in [0.25, 0.3) is 0 Å². The molecule has 0 aliphatic rings. The van der Waals surface area contributed by atoms with Gasteiger partial charge in [0.15, 0.2) is 0 Å². The zero-order valence-corrected chi connectivity index (χ0v) is 10.2. The molecule has 4 nitrogen and oxygen atoms in total. The fraction of sp³-hybridized carbons (Fsp3) is 0.364. The number of hydrogen-bond acceptors (Lipinski definition) is 3. The van der Waals surface area contributed by atoms with E-state index >= 15 is 0 Å². The second-order valence-electron chi connectivity index (χ2n) is 3.37. The molecule has 0 saturated heterocycles. The van der Waals surface area contributed by atoms with Crippen molar-refractivity contribution in [2.75, 3.05) is 14.2 Å². The molecule has 0 atom stereocenters. The first-order valence-corrected chi connectivity index (χ1v) is 5.11. The summed E-state index contributed by atoms with van der Waals surface area (Å²) < 4.78 is 23.5. The molecule has 0 radical (unpaired) electrons. The number of halogens is 2. The van der Waals surface area contributed by atoms with Gasteiger partial charge in [-0.15, -0.1) is 0 Å². The van der Waals surface area contributed by atoms with Crippen molar-refractivity contribution in [3.05, 3.63) is 33.6 Å². The number of methoxy groups -OCH3 is 2. The highest BCUT2D eigenvalue weighted by Crippen LogP contribution is 2.28. The van der Waals surface area contributed by atoms with Gasteiger partial charge in [-0.05, 0) is 11.6 Å². The van der Waals surface area contributed by atoms with Crippen LogP contribution in [0, 0.1) is 5.82 Å². The monoisotopic (exact) mass is 262 g/mol. The third-order valence-corrected chi connectivity index (χ3v) is 2.60. The van der Waals surface area contributed by atoms with E-state index < -0.39 is 17.3 Å². The fourth-order valence-corrected chi connectivity index (χ4v) is 1.74. The highest BCUT2D eigenvalue weighted by Gasteiger charge is 2.22. The summed E-state index contributed by atoms with van der Waals surface area (Å²) in [6.45, 7) is 0.0795. The van der Waals surface area contributed by atoms with Crippen molar-refractivity contribution >= 4 is 17.6 Å². The number of hydrogen-bond donors (Lipinski definition) is 1. The molecule has 6 heteroatoms. The Labute approximate surface area is 103 Å². The maximum atomic E-state index is 13.8. The van der Waals surface area contributed by atoms with Crippen LogP contribution in [0.2, 0.25) is 5.02 Å². The number of rotatable bonds is 5. The molecular formula is C11H12ClFO4. The van der Waals surface area contributed by atoms with Gasteiger partial charge >= 0.3 is 5.97 Å². The molecule has 17 heavy (non-hydrogen) atoms. The van der Waals surface area contributed by atoms with Gasteiger partial charge in [0.2, 0.25) is 0 Å². The third kappa shape index (κ3) is 2.94. The van der Waals surface area contributed by atoms with Crippen molar-refractivity contribution in [2.45, 2.75) is 13.2 Å². The zero-order valence-electron chi connectivity index (χ0n) is 9.42. The lowest BCUT2D eigenvalue weighted by Crippen LogP contribution is -2.09. The molecule has 0 bridgehead atoms. The second-order valence-corrected chi connectivity index (χ2v) is 3.75. The molecule has 0 aliphatic carbocycles. The van der Waals surface area contributed by atoms with E-state index in [-0.39, 0.29) is 23.8 Å². The summed E-state index contributed by atoms with van der Waals surface area (Å²) in [6, 6.07) is 1.44. The lowest BCUT2D eigenvalue weighted by Gasteiger charge is -2.11. The molecular weight excluding hydrogens is 251 g/mol. The topological polar surface area (TPSA) is 55.8 Å². The fourth-order valence-electron chi connectivity index (χ4n) is 1.46. The van der Waals surface area contributed by atoms with E-state index in [0.29, 0.717) is 5.56 Å². The Kier molecular flexibility index (Phi) is 4.86. The molecule has 94 valence electrons. The molecule has 0 aliphatic heterocycles. The number of benzene rings is 1. The van der Waals surface area contributed by atoms with Crippen LogP contribution in [0.5, 0.6) is 0 Å². The van der Waals surface area contributed by atoms with Gasteiger partial charge in [0.05, 0.1) is 18.2 Å². The SMILES string of the molecule is COCc1cc(COC)c(Cl)c(C(=O)O)c1F. The normalized spacial score (nSPS) is 10.6. The largest absolute Gasteiger partial charge is 0.478 e. The maximum absolute atomic E-state index is 13.8. The number of aromatic carboxylic acids is 1. The van der Waals surface area contributed by atoms with Gasteiger partial charge in [-0.25, -0.2) is 9.18 Å². The number of carbonyl (C=O) groups is 1. The van der Waals surface area contributed by atoms with Crippen LogP contribution in [0.3, 0.4) is 0 Å². The van der Waals surface area contributed by atoms with Crippen LogP contribution in [0.1, 0.15) is 21.5 Å². The van der Waals surface area contributed by atoms with Gasteiger partial charge in [-0.1, -0.05) is 11.6 Å². The summed E-state index contributed by atoms with van der Waals surface area (Å²) >= 11 is 5.82. The summed E-state index contributed by atoms with van der Waals surface area (Å²) in [5.74, 6) is -2.29. The Morgan fingerprint density at radius 3 is 2.35 bits per heavy atom. The maximum Gasteiger partial charge on any atom is 0.340 e. The molecule has 1 aromatic rings. The lowest BCUT2D eigenvalue weighted by atomic mass is 10.0. The van der Waals surface area contributed by atoms with Crippen LogP contribution >= 0.6 is 11.6 Å². The third-order valence-electron chi connectivity index (χ3n) is 2.16. The van der Waals surface area contributed by atoms with Crippen molar-refractivity contribution in [1.29, 1.82) is 0 Å². The van der Waals surface area contributed by atoms with Crippen LogP contribution < -0.4 is 0 Å². The van der Waals surface area contributed by atoms with Crippen LogP contribution in [-0.4, -0.2) is 25.3 Å².